The molecule has 0 amide bonds. The lowest BCUT2D eigenvalue weighted by atomic mass is 9.98. The van der Waals surface area contributed by atoms with Crippen molar-refractivity contribution in [3.05, 3.63) is 58.3 Å². The molecule has 8 heteroatoms. The summed E-state index contributed by atoms with van der Waals surface area (Å²) in [6.07, 6.45) is 1.83. The molecule has 0 fully saturated rings. The van der Waals surface area contributed by atoms with Gasteiger partial charge in [-0.15, -0.1) is 0 Å². The number of rotatable bonds is 7. The molecule has 2 aromatic carbocycles. The third kappa shape index (κ3) is 4.02. The average Bonchev–Trinajstić information content (AvgIpc) is 3.17. The van der Waals surface area contributed by atoms with Crippen LogP contribution in [0, 0.1) is 0 Å². The maximum absolute atomic E-state index is 10.9. The van der Waals surface area contributed by atoms with E-state index < -0.39 is 12.6 Å². The molecule has 1 N–H and O–H groups in total. The van der Waals surface area contributed by atoms with Crippen molar-refractivity contribution in [2.75, 3.05) is 13.7 Å². The Bertz CT molecular complexity index is 895. The molecule has 0 aliphatic heterocycles. The zero-order chi connectivity index (χ0) is 18.5. The van der Waals surface area contributed by atoms with Crippen LogP contribution in [-0.2, 0) is 11.2 Å². The molecule has 0 radical (unpaired) electrons. The lowest BCUT2D eigenvalue weighted by Crippen LogP contribution is -2.10. The summed E-state index contributed by atoms with van der Waals surface area (Å²) in [7, 11) is 1.61. The Balaban J connectivity index is 2.04. The second-order valence-corrected chi connectivity index (χ2v) is 6.21. The number of hydrogen-bond donors (Lipinski definition) is 1. The summed E-state index contributed by atoms with van der Waals surface area (Å²) in [5.74, 6) is 0.322. The SMILES string of the molecule is COc1ccc(Cc2c(Br)ccc(OCC(=O)O)c2-c2ncno2)cc1. The summed E-state index contributed by atoms with van der Waals surface area (Å²) in [5.41, 5.74) is 2.44. The lowest BCUT2D eigenvalue weighted by Gasteiger charge is -2.14. The number of nitrogens with zero attached hydrogens (tertiary/aromatic N) is 2. The molecular formula is C18H15BrN2O5. The lowest BCUT2D eigenvalue weighted by molar-refractivity contribution is -0.139. The number of methoxy groups -OCH3 is 1. The van der Waals surface area contributed by atoms with E-state index in [4.69, 9.17) is 19.1 Å². The number of hydrogen-bond acceptors (Lipinski definition) is 6. The highest BCUT2D eigenvalue weighted by Gasteiger charge is 2.20. The van der Waals surface area contributed by atoms with Crippen LogP contribution in [0.4, 0.5) is 0 Å². The zero-order valence-corrected chi connectivity index (χ0v) is 15.4. The normalized spacial score (nSPS) is 10.5. The largest absolute Gasteiger partial charge is 0.497 e. The highest BCUT2D eigenvalue weighted by molar-refractivity contribution is 9.10. The van der Waals surface area contributed by atoms with Crippen LogP contribution < -0.4 is 9.47 Å². The number of halogens is 1. The minimum absolute atomic E-state index is 0.259. The molecule has 0 atom stereocenters. The maximum atomic E-state index is 10.9. The van der Waals surface area contributed by atoms with Gasteiger partial charge in [0.15, 0.2) is 12.9 Å². The Morgan fingerprint density at radius 2 is 2.00 bits per heavy atom. The van der Waals surface area contributed by atoms with Gasteiger partial charge in [-0.2, -0.15) is 4.98 Å². The quantitative estimate of drug-likeness (QED) is 0.626. The number of benzene rings is 2. The minimum Gasteiger partial charge on any atom is -0.497 e. The first kappa shape index (κ1) is 17.9. The van der Waals surface area contributed by atoms with Crippen molar-refractivity contribution in [1.29, 1.82) is 0 Å². The van der Waals surface area contributed by atoms with Gasteiger partial charge in [-0.05, 0) is 41.8 Å². The zero-order valence-electron chi connectivity index (χ0n) is 13.8. The second-order valence-electron chi connectivity index (χ2n) is 5.35. The molecule has 0 bridgehead atoms. The molecule has 1 aromatic heterocycles. The Morgan fingerprint density at radius 3 is 2.62 bits per heavy atom. The van der Waals surface area contributed by atoms with Gasteiger partial charge in [-0.1, -0.05) is 33.2 Å². The summed E-state index contributed by atoms with van der Waals surface area (Å²) in [6, 6.07) is 11.1. The van der Waals surface area contributed by atoms with Crippen LogP contribution in [0.2, 0.25) is 0 Å². The van der Waals surface area contributed by atoms with Gasteiger partial charge in [0.2, 0.25) is 0 Å². The molecule has 3 aromatic rings. The van der Waals surface area contributed by atoms with Gasteiger partial charge in [0, 0.05) is 4.47 Å². The summed E-state index contributed by atoms with van der Waals surface area (Å²) in [5, 5.41) is 12.6. The van der Waals surface area contributed by atoms with E-state index in [-0.39, 0.29) is 5.89 Å². The summed E-state index contributed by atoms with van der Waals surface area (Å²) in [4.78, 5) is 15.0. The van der Waals surface area contributed by atoms with Gasteiger partial charge >= 0.3 is 5.97 Å². The standard InChI is InChI=1S/C18H15BrN2O5/c1-24-12-4-2-11(3-5-12)8-13-14(19)6-7-15(25-9-16(22)23)17(13)18-20-10-21-26-18/h2-7,10H,8-9H2,1H3,(H,22,23). The number of aromatic nitrogens is 2. The first-order chi connectivity index (χ1) is 12.6. The summed E-state index contributed by atoms with van der Waals surface area (Å²) < 4.78 is 16.6. The number of ether oxygens (including phenoxy) is 2. The van der Waals surface area contributed by atoms with Crippen LogP contribution in [0.5, 0.6) is 11.5 Å². The fourth-order valence-electron chi connectivity index (χ4n) is 2.50. The van der Waals surface area contributed by atoms with Crippen LogP contribution in [0.25, 0.3) is 11.5 Å². The van der Waals surface area contributed by atoms with Crippen LogP contribution in [0.1, 0.15) is 11.1 Å². The summed E-state index contributed by atoms with van der Waals surface area (Å²) in [6.45, 7) is -0.468. The number of aliphatic carboxylic acids is 1. The highest BCUT2D eigenvalue weighted by Crippen LogP contribution is 2.38. The molecule has 7 nitrogen and oxygen atoms in total. The average molecular weight is 419 g/mol. The molecule has 134 valence electrons. The third-order valence-electron chi connectivity index (χ3n) is 3.68. The number of carboxylic acids is 1. The Labute approximate surface area is 157 Å². The molecular weight excluding hydrogens is 404 g/mol. The number of carboxylic acid groups (broad SMARTS) is 1. The molecule has 3 rings (SSSR count). The van der Waals surface area contributed by atoms with Gasteiger partial charge in [-0.3, -0.25) is 0 Å². The monoisotopic (exact) mass is 418 g/mol. The fourth-order valence-corrected chi connectivity index (χ4v) is 2.97. The van der Waals surface area contributed by atoms with E-state index in [0.29, 0.717) is 17.7 Å². The Kier molecular flexibility index (Phi) is 5.52. The van der Waals surface area contributed by atoms with Crippen LogP contribution in [0.15, 0.2) is 51.7 Å². The van der Waals surface area contributed by atoms with E-state index in [9.17, 15) is 4.79 Å². The van der Waals surface area contributed by atoms with E-state index in [1.165, 1.54) is 6.33 Å². The van der Waals surface area contributed by atoms with Crippen molar-refractivity contribution >= 4 is 21.9 Å². The van der Waals surface area contributed by atoms with E-state index in [2.05, 4.69) is 26.1 Å². The van der Waals surface area contributed by atoms with Crippen LogP contribution >= 0.6 is 15.9 Å². The van der Waals surface area contributed by atoms with Crippen LogP contribution in [0.3, 0.4) is 0 Å². The van der Waals surface area contributed by atoms with Crippen LogP contribution in [-0.4, -0.2) is 34.9 Å². The molecule has 0 unspecified atom stereocenters. The van der Waals surface area contributed by atoms with Crippen molar-refractivity contribution in [2.24, 2.45) is 0 Å². The number of carbonyl (C=O) groups is 1. The topological polar surface area (TPSA) is 94.7 Å². The van der Waals surface area contributed by atoms with Gasteiger partial charge in [0.05, 0.1) is 12.7 Å². The Morgan fingerprint density at radius 1 is 1.23 bits per heavy atom. The van der Waals surface area contributed by atoms with E-state index in [1.54, 1.807) is 19.2 Å². The first-order valence-corrected chi connectivity index (χ1v) is 8.43. The third-order valence-corrected chi connectivity index (χ3v) is 4.43. The molecule has 26 heavy (non-hydrogen) atoms. The van der Waals surface area contributed by atoms with E-state index in [0.717, 1.165) is 21.3 Å². The first-order valence-electron chi connectivity index (χ1n) is 7.64. The molecule has 0 aliphatic rings. The second kappa shape index (κ2) is 8.01. The molecule has 1 heterocycles. The van der Waals surface area contributed by atoms with Gasteiger partial charge in [0.25, 0.3) is 5.89 Å². The minimum atomic E-state index is -1.07. The van der Waals surface area contributed by atoms with Crippen molar-refractivity contribution in [3.63, 3.8) is 0 Å². The van der Waals surface area contributed by atoms with Gasteiger partial charge in [0.1, 0.15) is 11.5 Å². The van der Waals surface area contributed by atoms with Gasteiger partial charge < -0.3 is 19.1 Å². The van der Waals surface area contributed by atoms with Crippen molar-refractivity contribution in [3.8, 4) is 23.0 Å². The van der Waals surface area contributed by atoms with Gasteiger partial charge in [-0.25, -0.2) is 4.79 Å². The maximum Gasteiger partial charge on any atom is 0.341 e. The predicted octanol–water partition coefficient (Wildman–Crippen LogP) is 3.56. The highest BCUT2D eigenvalue weighted by atomic mass is 79.9. The Hall–Kier alpha value is -2.87. The summed E-state index contributed by atoms with van der Waals surface area (Å²) >= 11 is 3.55. The van der Waals surface area contributed by atoms with E-state index in [1.807, 2.05) is 24.3 Å². The van der Waals surface area contributed by atoms with E-state index >= 15 is 0 Å². The molecule has 0 saturated heterocycles. The molecule has 0 spiro atoms. The molecule has 0 aliphatic carbocycles. The van der Waals surface area contributed by atoms with Crippen molar-refractivity contribution < 1.29 is 23.9 Å². The predicted molar refractivity (Wildman–Crippen MR) is 96.4 cm³/mol. The smallest absolute Gasteiger partial charge is 0.341 e. The van der Waals surface area contributed by atoms with Crippen molar-refractivity contribution in [1.82, 2.24) is 10.1 Å². The molecule has 0 saturated carbocycles. The van der Waals surface area contributed by atoms with Crippen molar-refractivity contribution in [2.45, 2.75) is 6.42 Å². The fraction of sp³-hybridized carbons (Fsp3) is 0.167.